The molecule has 1 fully saturated rings. The molecule has 2 atom stereocenters. The van der Waals surface area contributed by atoms with Crippen molar-refractivity contribution >= 4 is 17.9 Å². The predicted octanol–water partition coefficient (Wildman–Crippen LogP) is -0.665. The van der Waals surface area contributed by atoms with Crippen molar-refractivity contribution in [3.63, 3.8) is 0 Å². The second-order valence-electron chi connectivity index (χ2n) is 3.00. The zero-order chi connectivity index (χ0) is 10.2. The third kappa shape index (κ3) is 1.14. The SMILES string of the molecule is C[C@@]1(C(=O)O)C(=O)OC[C@H]1C(=O)O. The molecule has 0 spiro atoms. The number of rotatable bonds is 2. The van der Waals surface area contributed by atoms with Crippen LogP contribution in [-0.2, 0) is 19.1 Å². The highest BCUT2D eigenvalue weighted by molar-refractivity contribution is 6.04. The normalized spacial score (nSPS) is 32.7. The lowest BCUT2D eigenvalue weighted by molar-refractivity contribution is -0.164. The molecule has 1 heterocycles. The molecule has 13 heavy (non-hydrogen) atoms. The van der Waals surface area contributed by atoms with Crippen LogP contribution in [0.2, 0.25) is 0 Å². The van der Waals surface area contributed by atoms with Gasteiger partial charge in [-0.2, -0.15) is 0 Å². The Hall–Kier alpha value is -1.59. The van der Waals surface area contributed by atoms with Crippen LogP contribution in [0, 0.1) is 11.3 Å². The number of hydrogen-bond donors (Lipinski definition) is 2. The van der Waals surface area contributed by atoms with Crippen molar-refractivity contribution in [3.05, 3.63) is 0 Å². The molecule has 1 aliphatic rings. The highest BCUT2D eigenvalue weighted by atomic mass is 16.5. The number of hydrogen-bond acceptors (Lipinski definition) is 4. The van der Waals surface area contributed by atoms with Crippen molar-refractivity contribution in [2.45, 2.75) is 6.92 Å². The van der Waals surface area contributed by atoms with E-state index in [9.17, 15) is 14.4 Å². The Morgan fingerprint density at radius 3 is 2.38 bits per heavy atom. The highest BCUT2D eigenvalue weighted by Crippen LogP contribution is 2.35. The maximum atomic E-state index is 11.0. The molecule has 6 heteroatoms. The van der Waals surface area contributed by atoms with E-state index in [1.807, 2.05) is 0 Å². The minimum atomic E-state index is -1.95. The van der Waals surface area contributed by atoms with Crippen LogP contribution >= 0.6 is 0 Å². The minimum Gasteiger partial charge on any atom is -0.481 e. The van der Waals surface area contributed by atoms with Crippen molar-refractivity contribution in [3.8, 4) is 0 Å². The molecule has 72 valence electrons. The number of carbonyl (C=O) groups is 3. The number of ether oxygens (including phenoxy) is 1. The Labute approximate surface area is 73.1 Å². The average Bonchev–Trinajstić information content (AvgIpc) is 2.30. The van der Waals surface area contributed by atoms with Crippen molar-refractivity contribution in [2.24, 2.45) is 11.3 Å². The lowest BCUT2D eigenvalue weighted by Gasteiger charge is -2.17. The summed E-state index contributed by atoms with van der Waals surface area (Å²) in [5.74, 6) is -5.11. The third-order valence-electron chi connectivity index (χ3n) is 2.24. The second-order valence-corrected chi connectivity index (χ2v) is 3.00. The number of aliphatic carboxylic acids is 2. The molecule has 1 rings (SSSR count). The topological polar surface area (TPSA) is 101 Å². The van der Waals surface area contributed by atoms with Crippen LogP contribution in [-0.4, -0.2) is 34.7 Å². The van der Waals surface area contributed by atoms with Crippen LogP contribution in [0.5, 0.6) is 0 Å². The van der Waals surface area contributed by atoms with Crippen LogP contribution < -0.4 is 0 Å². The first-order valence-corrected chi connectivity index (χ1v) is 3.54. The Bertz CT molecular complexity index is 283. The van der Waals surface area contributed by atoms with E-state index in [-0.39, 0.29) is 6.61 Å². The molecule has 2 N–H and O–H groups in total. The molecule has 6 nitrogen and oxygen atoms in total. The van der Waals surface area contributed by atoms with Gasteiger partial charge in [-0.1, -0.05) is 0 Å². The van der Waals surface area contributed by atoms with Gasteiger partial charge in [0.1, 0.15) is 12.5 Å². The Morgan fingerprint density at radius 2 is 2.08 bits per heavy atom. The third-order valence-corrected chi connectivity index (χ3v) is 2.24. The molecule has 1 saturated heterocycles. The van der Waals surface area contributed by atoms with E-state index in [4.69, 9.17) is 10.2 Å². The maximum Gasteiger partial charge on any atom is 0.324 e. The summed E-state index contributed by atoms with van der Waals surface area (Å²) in [6.45, 7) is 0.681. The minimum absolute atomic E-state index is 0.378. The van der Waals surface area contributed by atoms with Gasteiger partial charge >= 0.3 is 17.9 Å². The first kappa shape index (κ1) is 9.50. The van der Waals surface area contributed by atoms with E-state index in [1.54, 1.807) is 0 Å². The number of cyclic esters (lactones) is 1. The largest absolute Gasteiger partial charge is 0.481 e. The lowest BCUT2D eigenvalue weighted by Crippen LogP contribution is -2.41. The van der Waals surface area contributed by atoms with E-state index in [1.165, 1.54) is 0 Å². The van der Waals surface area contributed by atoms with Gasteiger partial charge in [-0.15, -0.1) is 0 Å². The predicted molar refractivity (Wildman–Crippen MR) is 37.8 cm³/mol. The molecule has 1 aliphatic heterocycles. The van der Waals surface area contributed by atoms with Crippen molar-refractivity contribution in [2.75, 3.05) is 6.61 Å². The molecular formula is C7H8O6. The van der Waals surface area contributed by atoms with Crippen LogP contribution in [0.3, 0.4) is 0 Å². The zero-order valence-corrected chi connectivity index (χ0v) is 6.81. The Kier molecular flexibility index (Phi) is 1.99. The van der Waals surface area contributed by atoms with E-state index < -0.39 is 29.2 Å². The van der Waals surface area contributed by atoms with E-state index in [0.29, 0.717) is 0 Å². The summed E-state index contributed by atoms with van der Waals surface area (Å²) < 4.78 is 4.40. The quantitative estimate of drug-likeness (QED) is 0.440. The summed E-state index contributed by atoms with van der Waals surface area (Å²) in [7, 11) is 0. The number of carboxylic acids is 2. The van der Waals surface area contributed by atoms with Crippen molar-refractivity contribution in [1.29, 1.82) is 0 Å². The maximum absolute atomic E-state index is 11.0. The van der Waals surface area contributed by atoms with Gasteiger partial charge in [0.2, 0.25) is 0 Å². The van der Waals surface area contributed by atoms with Crippen molar-refractivity contribution < 1.29 is 29.3 Å². The molecule has 0 unspecified atom stereocenters. The molecule has 0 aromatic rings. The van der Waals surface area contributed by atoms with Gasteiger partial charge in [0, 0.05) is 0 Å². The van der Waals surface area contributed by atoms with Gasteiger partial charge in [-0.25, -0.2) is 0 Å². The van der Waals surface area contributed by atoms with Gasteiger partial charge < -0.3 is 14.9 Å². The second kappa shape index (κ2) is 2.72. The molecule has 0 aliphatic carbocycles. The van der Waals surface area contributed by atoms with Gasteiger partial charge in [-0.3, -0.25) is 14.4 Å². The number of esters is 1. The molecule has 0 aromatic heterocycles. The molecule has 0 aromatic carbocycles. The summed E-state index contributed by atoms with van der Waals surface area (Å²) in [4.78, 5) is 32.2. The van der Waals surface area contributed by atoms with Crippen LogP contribution in [0.25, 0.3) is 0 Å². The summed E-state index contributed by atoms with van der Waals surface area (Å²) in [5.41, 5.74) is -1.95. The average molecular weight is 188 g/mol. The van der Waals surface area contributed by atoms with Crippen molar-refractivity contribution in [1.82, 2.24) is 0 Å². The molecule has 0 saturated carbocycles. The van der Waals surface area contributed by atoms with Gasteiger partial charge in [0.15, 0.2) is 5.41 Å². The van der Waals surface area contributed by atoms with Crippen LogP contribution in [0.1, 0.15) is 6.92 Å². The Balaban J connectivity index is 3.08. The summed E-state index contributed by atoms with van der Waals surface area (Å²) >= 11 is 0. The first-order chi connectivity index (χ1) is 5.90. The molecule has 0 amide bonds. The standard InChI is InChI=1S/C7H8O6/c1-7(5(10)11)3(4(8)9)2-13-6(7)12/h3H,2H2,1H3,(H,8,9)(H,10,11)/t3-,7+/m0/s1. The van der Waals surface area contributed by atoms with Crippen LogP contribution in [0.15, 0.2) is 0 Å². The van der Waals surface area contributed by atoms with Gasteiger partial charge in [-0.05, 0) is 6.92 Å². The molecule has 0 radical (unpaired) electrons. The Morgan fingerprint density at radius 1 is 1.54 bits per heavy atom. The van der Waals surface area contributed by atoms with E-state index >= 15 is 0 Å². The zero-order valence-electron chi connectivity index (χ0n) is 6.81. The number of carbonyl (C=O) groups excluding carboxylic acids is 1. The molecule has 0 bridgehead atoms. The smallest absolute Gasteiger partial charge is 0.324 e. The van der Waals surface area contributed by atoms with Crippen LogP contribution in [0.4, 0.5) is 0 Å². The highest BCUT2D eigenvalue weighted by Gasteiger charge is 2.58. The summed E-state index contributed by atoms with van der Waals surface area (Å²) in [6.07, 6.45) is 0. The van der Waals surface area contributed by atoms with Gasteiger partial charge in [0.05, 0.1) is 0 Å². The number of carboxylic acid groups (broad SMARTS) is 2. The van der Waals surface area contributed by atoms with E-state index in [2.05, 4.69) is 4.74 Å². The lowest BCUT2D eigenvalue weighted by atomic mass is 9.79. The first-order valence-electron chi connectivity index (χ1n) is 3.54. The summed E-state index contributed by atoms with van der Waals surface area (Å²) in [5, 5.41) is 17.3. The van der Waals surface area contributed by atoms with Gasteiger partial charge in [0.25, 0.3) is 0 Å². The summed E-state index contributed by atoms with van der Waals surface area (Å²) in [6, 6.07) is 0. The van der Waals surface area contributed by atoms with E-state index in [0.717, 1.165) is 6.92 Å². The fourth-order valence-electron chi connectivity index (χ4n) is 1.17. The fourth-order valence-corrected chi connectivity index (χ4v) is 1.17. The fraction of sp³-hybridized carbons (Fsp3) is 0.571. The monoisotopic (exact) mass is 188 g/mol. The molecular weight excluding hydrogens is 180 g/mol.